The molecule has 0 aromatic heterocycles. The number of Topliss-reactive ketones (excluding diaryl/α,β-unsaturated/α-hetero) is 1. The van der Waals surface area contributed by atoms with Crippen LogP contribution in [0.15, 0.2) is 0 Å². The molecule has 10 heavy (non-hydrogen) atoms. The zero-order valence-electron chi connectivity index (χ0n) is 7.31. The summed E-state index contributed by atoms with van der Waals surface area (Å²) in [5.41, 5.74) is 0. The maximum atomic E-state index is 10.9. The van der Waals surface area contributed by atoms with E-state index in [0.717, 1.165) is 6.42 Å². The highest BCUT2D eigenvalue weighted by atomic mass is 16.1. The van der Waals surface area contributed by atoms with Crippen molar-refractivity contribution in [3.63, 3.8) is 0 Å². The van der Waals surface area contributed by atoms with Crippen molar-refractivity contribution in [1.82, 2.24) is 0 Å². The number of carbonyl (C=O) groups is 1. The van der Waals surface area contributed by atoms with Crippen LogP contribution in [0.1, 0.15) is 46.5 Å². The Labute approximate surface area is 63.8 Å². The summed E-state index contributed by atoms with van der Waals surface area (Å²) in [6.45, 7) is 6.24. The summed E-state index contributed by atoms with van der Waals surface area (Å²) in [5, 5.41) is 0. The van der Waals surface area contributed by atoms with Gasteiger partial charge in [0.25, 0.3) is 0 Å². The van der Waals surface area contributed by atoms with Crippen molar-refractivity contribution in [1.29, 1.82) is 0 Å². The fraction of sp³-hybridized carbons (Fsp3) is 0.889. The lowest BCUT2D eigenvalue weighted by Crippen LogP contribution is -2.03. The number of hydrogen-bond acceptors (Lipinski definition) is 1. The van der Waals surface area contributed by atoms with Crippen LogP contribution in [0.25, 0.3) is 0 Å². The van der Waals surface area contributed by atoms with Crippen LogP contribution in [-0.4, -0.2) is 5.78 Å². The van der Waals surface area contributed by atoms with Crippen molar-refractivity contribution in [2.75, 3.05) is 0 Å². The van der Waals surface area contributed by atoms with Gasteiger partial charge in [-0.2, -0.15) is 0 Å². The van der Waals surface area contributed by atoms with Crippen LogP contribution >= 0.6 is 0 Å². The lowest BCUT2D eigenvalue weighted by molar-refractivity contribution is -0.119. The molecule has 0 aliphatic carbocycles. The molecule has 0 saturated heterocycles. The molecule has 1 heteroatoms. The largest absolute Gasteiger partial charge is 0.300 e. The molecule has 0 aromatic carbocycles. The maximum absolute atomic E-state index is 10.9. The molecule has 0 bridgehead atoms. The number of hydrogen-bond donors (Lipinski definition) is 0. The molecule has 1 unspecified atom stereocenters. The van der Waals surface area contributed by atoms with E-state index in [4.69, 9.17) is 0 Å². The number of ketones is 1. The molecule has 60 valence electrons. The zero-order valence-corrected chi connectivity index (χ0v) is 7.31. The molecule has 0 rings (SSSR count). The quantitative estimate of drug-likeness (QED) is 0.577. The average molecular weight is 142 g/mol. The predicted octanol–water partition coefficient (Wildman–Crippen LogP) is 2.79. The van der Waals surface area contributed by atoms with Gasteiger partial charge < -0.3 is 0 Å². The van der Waals surface area contributed by atoms with Crippen molar-refractivity contribution >= 4 is 5.78 Å². The van der Waals surface area contributed by atoms with E-state index < -0.39 is 0 Å². The fourth-order valence-electron chi connectivity index (χ4n) is 1.13. The molecule has 0 N–H and O–H groups in total. The van der Waals surface area contributed by atoms with E-state index in [1.54, 1.807) is 0 Å². The van der Waals surface area contributed by atoms with Gasteiger partial charge >= 0.3 is 0 Å². The van der Waals surface area contributed by atoms with Crippen LogP contribution < -0.4 is 0 Å². The first-order valence-electron chi connectivity index (χ1n) is 4.22. The first-order valence-corrected chi connectivity index (χ1v) is 4.22. The summed E-state index contributed by atoms with van der Waals surface area (Å²) in [6, 6.07) is 0. The number of rotatable bonds is 5. The third-order valence-corrected chi connectivity index (χ3v) is 1.75. The van der Waals surface area contributed by atoms with E-state index in [1.807, 2.05) is 6.92 Å². The van der Waals surface area contributed by atoms with E-state index in [-0.39, 0.29) is 0 Å². The molecule has 0 heterocycles. The first kappa shape index (κ1) is 9.67. The van der Waals surface area contributed by atoms with E-state index in [2.05, 4.69) is 13.8 Å². The molecule has 0 saturated carbocycles. The zero-order chi connectivity index (χ0) is 7.98. The minimum absolute atomic E-state index is 0.404. The van der Waals surface area contributed by atoms with Gasteiger partial charge in [-0.15, -0.1) is 0 Å². The Morgan fingerprint density at radius 1 is 1.40 bits per heavy atom. The second-order valence-corrected chi connectivity index (χ2v) is 2.99. The van der Waals surface area contributed by atoms with E-state index in [9.17, 15) is 4.79 Å². The number of carbonyl (C=O) groups excluding carboxylic acids is 1. The van der Waals surface area contributed by atoms with E-state index >= 15 is 0 Å². The van der Waals surface area contributed by atoms with Crippen LogP contribution in [0.4, 0.5) is 0 Å². The summed E-state index contributed by atoms with van der Waals surface area (Å²) in [7, 11) is 0. The molecule has 1 atom stereocenters. The average Bonchev–Trinajstić information content (AvgIpc) is 1.88. The molecule has 0 aliphatic heterocycles. The Hall–Kier alpha value is -0.330. The van der Waals surface area contributed by atoms with Crippen molar-refractivity contribution in [3.05, 3.63) is 0 Å². The molecular formula is C9H18O. The summed E-state index contributed by atoms with van der Waals surface area (Å²) in [5.74, 6) is 0.999. The SMILES string of the molecule is CCCC(C)CC(=O)CC. The van der Waals surface area contributed by atoms with Crippen LogP contribution in [0, 0.1) is 5.92 Å². The second-order valence-electron chi connectivity index (χ2n) is 2.99. The molecular weight excluding hydrogens is 124 g/mol. The topological polar surface area (TPSA) is 17.1 Å². The van der Waals surface area contributed by atoms with Gasteiger partial charge in [0, 0.05) is 12.8 Å². The Kier molecular flexibility index (Phi) is 5.27. The summed E-state index contributed by atoms with van der Waals surface area (Å²) in [4.78, 5) is 10.9. The van der Waals surface area contributed by atoms with E-state index in [1.165, 1.54) is 12.8 Å². The van der Waals surface area contributed by atoms with E-state index in [0.29, 0.717) is 18.1 Å². The maximum Gasteiger partial charge on any atom is 0.132 e. The molecule has 0 aliphatic rings. The standard InChI is InChI=1S/C9H18O/c1-4-6-8(3)7-9(10)5-2/h8H,4-7H2,1-3H3. The van der Waals surface area contributed by atoms with Crippen molar-refractivity contribution in [2.24, 2.45) is 5.92 Å². The smallest absolute Gasteiger partial charge is 0.132 e. The van der Waals surface area contributed by atoms with Gasteiger partial charge in [0.1, 0.15) is 5.78 Å². The van der Waals surface area contributed by atoms with Crippen LogP contribution in [-0.2, 0) is 4.79 Å². The Balaban J connectivity index is 3.37. The Morgan fingerprint density at radius 3 is 2.40 bits per heavy atom. The summed E-state index contributed by atoms with van der Waals surface area (Å²) >= 11 is 0. The van der Waals surface area contributed by atoms with Gasteiger partial charge in [-0.25, -0.2) is 0 Å². The van der Waals surface area contributed by atoms with Gasteiger partial charge in [0.15, 0.2) is 0 Å². The minimum Gasteiger partial charge on any atom is -0.300 e. The predicted molar refractivity (Wildman–Crippen MR) is 44.0 cm³/mol. The van der Waals surface area contributed by atoms with Crippen molar-refractivity contribution < 1.29 is 4.79 Å². The van der Waals surface area contributed by atoms with Crippen molar-refractivity contribution in [2.45, 2.75) is 46.5 Å². The molecule has 0 radical (unpaired) electrons. The molecule has 1 nitrogen and oxygen atoms in total. The van der Waals surface area contributed by atoms with Crippen LogP contribution in [0.5, 0.6) is 0 Å². The third kappa shape index (κ3) is 4.54. The lowest BCUT2D eigenvalue weighted by Gasteiger charge is -2.06. The highest BCUT2D eigenvalue weighted by molar-refractivity contribution is 5.78. The van der Waals surface area contributed by atoms with Gasteiger partial charge in [0.2, 0.25) is 0 Å². The van der Waals surface area contributed by atoms with Gasteiger partial charge in [-0.1, -0.05) is 33.6 Å². The highest BCUT2D eigenvalue weighted by Gasteiger charge is 2.05. The third-order valence-electron chi connectivity index (χ3n) is 1.75. The monoisotopic (exact) mass is 142 g/mol. The molecule has 0 aromatic rings. The molecule has 0 amide bonds. The van der Waals surface area contributed by atoms with Gasteiger partial charge in [-0.3, -0.25) is 4.79 Å². The Morgan fingerprint density at radius 2 is 2.00 bits per heavy atom. The Bertz CT molecular complexity index is 96.9. The second kappa shape index (κ2) is 5.45. The molecule has 0 fully saturated rings. The van der Waals surface area contributed by atoms with Crippen molar-refractivity contribution in [3.8, 4) is 0 Å². The first-order chi connectivity index (χ1) is 4.70. The van der Waals surface area contributed by atoms with Crippen LogP contribution in [0.2, 0.25) is 0 Å². The van der Waals surface area contributed by atoms with Crippen LogP contribution in [0.3, 0.4) is 0 Å². The summed E-state index contributed by atoms with van der Waals surface area (Å²) < 4.78 is 0. The highest BCUT2D eigenvalue weighted by Crippen LogP contribution is 2.10. The minimum atomic E-state index is 0.404. The van der Waals surface area contributed by atoms with Gasteiger partial charge in [0.05, 0.1) is 0 Å². The van der Waals surface area contributed by atoms with Gasteiger partial charge in [-0.05, 0) is 5.92 Å². The fourth-order valence-corrected chi connectivity index (χ4v) is 1.13. The molecule has 0 spiro atoms. The normalized spacial score (nSPS) is 13.1. The summed E-state index contributed by atoms with van der Waals surface area (Å²) in [6.07, 6.45) is 3.86. The lowest BCUT2D eigenvalue weighted by atomic mass is 9.99.